The van der Waals surface area contributed by atoms with Crippen molar-refractivity contribution in [2.45, 2.75) is 58.9 Å². The van der Waals surface area contributed by atoms with Gasteiger partial charge in [0.05, 0.1) is 0 Å². The van der Waals surface area contributed by atoms with Crippen LogP contribution in [0.25, 0.3) is 0 Å². The molecule has 0 saturated heterocycles. The van der Waals surface area contributed by atoms with E-state index in [2.05, 4.69) is 19.2 Å². The lowest BCUT2D eigenvalue weighted by Gasteiger charge is -2.34. The van der Waals surface area contributed by atoms with Gasteiger partial charge in [0.1, 0.15) is 5.82 Å². The Bertz CT molecular complexity index is 421. The normalized spacial score (nSPS) is 24.6. The van der Waals surface area contributed by atoms with Gasteiger partial charge in [-0.3, -0.25) is 0 Å². The van der Waals surface area contributed by atoms with Gasteiger partial charge in [0.25, 0.3) is 0 Å². The van der Waals surface area contributed by atoms with Crippen LogP contribution in [0.2, 0.25) is 0 Å². The highest BCUT2D eigenvalue weighted by atomic mass is 19.1. The van der Waals surface area contributed by atoms with E-state index in [0.717, 1.165) is 23.6 Å². The fraction of sp³-hybridized carbons (Fsp3) is 0.667. The van der Waals surface area contributed by atoms with Crippen LogP contribution in [0, 0.1) is 24.6 Å². The molecular weight excluding hydrogens is 249 g/mol. The second-order valence-corrected chi connectivity index (χ2v) is 6.25. The molecule has 1 aromatic carbocycles. The smallest absolute Gasteiger partial charge is 0.128 e. The molecule has 1 aliphatic rings. The molecule has 1 unspecified atom stereocenters. The van der Waals surface area contributed by atoms with Crippen molar-refractivity contribution < 1.29 is 4.39 Å². The average molecular weight is 277 g/mol. The van der Waals surface area contributed by atoms with E-state index >= 15 is 0 Å². The lowest BCUT2D eigenvalue weighted by molar-refractivity contribution is 0.217. The topological polar surface area (TPSA) is 12.0 Å². The Hall–Kier alpha value is -0.890. The first-order valence-corrected chi connectivity index (χ1v) is 8.15. The quantitative estimate of drug-likeness (QED) is 0.798. The second kappa shape index (κ2) is 7.21. The Morgan fingerprint density at radius 1 is 1.20 bits per heavy atom. The Balaban J connectivity index is 2.16. The van der Waals surface area contributed by atoms with Gasteiger partial charge in [-0.05, 0) is 44.2 Å². The molecule has 0 bridgehead atoms. The van der Waals surface area contributed by atoms with Gasteiger partial charge in [-0.2, -0.15) is 0 Å². The zero-order valence-corrected chi connectivity index (χ0v) is 13.1. The maximum atomic E-state index is 14.2. The van der Waals surface area contributed by atoms with E-state index in [1.165, 1.54) is 32.1 Å². The molecule has 0 heterocycles. The number of hydrogen-bond donors (Lipinski definition) is 1. The molecule has 0 aliphatic heterocycles. The van der Waals surface area contributed by atoms with Gasteiger partial charge in [-0.15, -0.1) is 0 Å². The summed E-state index contributed by atoms with van der Waals surface area (Å²) in [6.45, 7) is 7.33. The first-order valence-electron chi connectivity index (χ1n) is 8.15. The van der Waals surface area contributed by atoms with Gasteiger partial charge in [-0.1, -0.05) is 50.8 Å². The van der Waals surface area contributed by atoms with Crippen LogP contribution in [0.4, 0.5) is 4.39 Å². The summed E-state index contributed by atoms with van der Waals surface area (Å²) in [4.78, 5) is 0. The third kappa shape index (κ3) is 3.60. The molecule has 0 aromatic heterocycles. The van der Waals surface area contributed by atoms with Crippen LogP contribution in [0.1, 0.15) is 63.1 Å². The fourth-order valence-corrected chi connectivity index (χ4v) is 3.58. The summed E-state index contributed by atoms with van der Waals surface area (Å²) in [5.74, 6) is 1.41. The van der Waals surface area contributed by atoms with E-state index in [0.29, 0.717) is 5.92 Å². The molecule has 1 aliphatic carbocycles. The molecule has 0 spiro atoms. The molecule has 1 saturated carbocycles. The highest BCUT2D eigenvalue weighted by Crippen LogP contribution is 2.38. The van der Waals surface area contributed by atoms with Gasteiger partial charge in [0.15, 0.2) is 0 Å². The number of nitrogens with one attached hydrogen (secondary N) is 1. The summed E-state index contributed by atoms with van der Waals surface area (Å²) in [5.41, 5.74) is 2.01. The van der Waals surface area contributed by atoms with Crippen molar-refractivity contribution in [2.75, 3.05) is 6.54 Å². The monoisotopic (exact) mass is 277 g/mol. The number of benzene rings is 1. The van der Waals surface area contributed by atoms with Crippen molar-refractivity contribution in [3.63, 3.8) is 0 Å². The van der Waals surface area contributed by atoms with Crippen LogP contribution >= 0.6 is 0 Å². The van der Waals surface area contributed by atoms with Crippen molar-refractivity contribution in [3.8, 4) is 0 Å². The Labute approximate surface area is 123 Å². The van der Waals surface area contributed by atoms with Crippen LogP contribution < -0.4 is 5.32 Å². The van der Waals surface area contributed by atoms with Gasteiger partial charge in [0, 0.05) is 11.6 Å². The third-order valence-electron chi connectivity index (χ3n) is 4.85. The van der Waals surface area contributed by atoms with Crippen LogP contribution in [0.3, 0.4) is 0 Å². The first kappa shape index (κ1) is 15.5. The largest absolute Gasteiger partial charge is 0.310 e. The zero-order chi connectivity index (χ0) is 14.5. The van der Waals surface area contributed by atoms with E-state index in [4.69, 9.17) is 0 Å². The molecule has 0 amide bonds. The summed E-state index contributed by atoms with van der Waals surface area (Å²) < 4.78 is 14.2. The van der Waals surface area contributed by atoms with Crippen molar-refractivity contribution in [1.82, 2.24) is 5.32 Å². The molecule has 1 nitrogen and oxygen atoms in total. The van der Waals surface area contributed by atoms with Gasteiger partial charge in [-0.25, -0.2) is 4.39 Å². The Kier molecular flexibility index (Phi) is 5.59. The minimum atomic E-state index is -0.0563. The van der Waals surface area contributed by atoms with Crippen LogP contribution in [0.15, 0.2) is 18.2 Å². The Morgan fingerprint density at radius 2 is 1.90 bits per heavy atom. The summed E-state index contributed by atoms with van der Waals surface area (Å²) in [6.07, 6.45) is 6.34. The lowest BCUT2D eigenvalue weighted by atomic mass is 9.75. The number of rotatable bonds is 5. The maximum absolute atomic E-state index is 14.2. The van der Waals surface area contributed by atoms with E-state index in [1.54, 1.807) is 6.07 Å². The second-order valence-electron chi connectivity index (χ2n) is 6.25. The van der Waals surface area contributed by atoms with Gasteiger partial charge < -0.3 is 5.32 Å². The molecule has 2 rings (SSSR count). The summed E-state index contributed by atoms with van der Waals surface area (Å²) in [6, 6.07) is 5.68. The molecule has 1 N–H and O–H groups in total. The SMILES string of the molecule is CCNC(c1cc(C)ccc1F)C1CCC(CC)CC1. The standard InChI is InChI=1S/C18H28FN/c1-4-14-7-9-15(10-8-14)18(20-5-2)16-12-13(3)6-11-17(16)19/h6,11-12,14-15,18,20H,4-5,7-10H2,1-3H3. The van der Waals surface area contributed by atoms with Crippen molar-refractivity contribution in [3.05, 3.63) is 35.1 Å². The predicted molar refractivity (Wildman–Crippen MR) is 83.3 cm³/mol. The number of hydrogen-bond acceptors (Lipinski definition) is 1. The number of aryl methyl sites for hydroxylation is 1. The first-order chi connectivity index (χ1) is 9.65. The lowest BCUT2D eigenvalue weighted by Crippen LogP contribution is -2.31. The average Bonchev–Trinajstić information content (AvgIpc) is 2.48. The molecule has 1 atom stereocenters. The fourth-order valence-electron chi connectivity index (χ4n) is 3.58. The van der Waals surface area contributed by atoms with E-state index in [9.17, 15) is 4.39 Å². The summed E-state index contributed by atoms with van der Waals surface area (Å²) in [5, 5.41) is 3.53. The minimum absolute atomic E-state index is 0.0563. The van der Waals surface area contributed by atoms with Crippen LogP contribution in [0.5, 0.6) is 0 Å². The maximum Gasteiger partial charge on any atom is 0.128 e. The van der Waals surface area contributed by atoms with Crippen molar-refractivity contribution in [1.29, 1.82) is 0 Å². The van der Waals surface area contributed by atoms with Crippen molar-refractivity contribution >= 4 is 0 Å². The third-order valence-corrected chi connectivity index (χ3v) is 4.85. The van der Waals surface area contributed by atoms with Crippen molar-refractivity contribution in [2.24, 2.45) is 11.8 Å². The molecule has 1 fully saturated rings. The molecule has 2 heteroatoms. The number of halogens is 1. The van der Waals surface area contributed by atoms with E-state index in [1.807, 2.05) is 19.1 Å². The predicted octanol–water partition coefficient (Wildman–Crippen LogP) is 5.00. The van der Waals surface area contributed by atoms with E-state index in [-0.39, 0.29) is 11.9 Å². The zero-order valence-electron chi connectivity index (χ0n) is 13.1. The summed E-state index contributed by atoms with van der Waals surface area (Å²) in [7, 11) is 0. The van der Waals surface area contributed by atoms with Crippen LogP contribution in [-0.2, 0) is 0 Å². The minimum Gasteiger partial charge on any atom is -0.310 e. The highest BCUT2D eigenvalue weighted by Gasteiger charge is 2.29. The molecule has 20 heavy (non-hydrogen) atoms. The van der Waals surface area contributed by atoms with Gasteiger partial charge >= 0.3 is 0 Å². The van der Waals surface area contributed by atoms with E-state index < -0.39 is 0 Å². The molecule has 1 aromatic rings. The summed E-state index contributed by atoms with van der Waals surface area (Å²) >= 11 is 0. The molecule has 112 valence electrons. The highest BCUT2D eigenvalue weighted by molar-refractivity contribution is 5.27. The Morgan fingerprint density at radius 3 is 2.50 bits per heavy atom. The van der Waals surface area contributed by atoms with Crippen LogP contribution in [-0.4, -0.2) is 6.54 Å². The van der Waals surface area contributed by atoms with Gasteiger partial charge in [0.2, 0.25) is 0 Å². The molecular formula is C18H28FN. The molecule has 0 radical (unpaired) electrons.